The van der Waals surface area contributed by atoms with Crippen LogP contribution >= 0.6 is 39.0 Å². The molecule has 0 bridgehead atoms. The number of rotatable bonds is 9. The number of carbonyl (C=O) groups is 1. The second-order valence-electron chi connectivity index (χ2n) is 7.54. The van der Waals surface area contributed by atoms with Crippen LogP contribution in [0.4, 0.5) is 5.13 Å². The molecule has 2 aromatic carbocycles. The fourth-order valence-electron chi connectivity index (χ4n) is 3.25. The molecular formula is C24H24BrN5O2S2. The number of thiazole rings is 1. The lowest BCUT2D eigenvalue weighted by Gasteiger charge is -2.15. The highest BCUT2D eigenvalue weighted by molar-refractivity contribution is 9.10. The molecule has 2 aromatic heterocycles. The third kappa shape index (κ3) is 6.05. The topological polar surface area (TPSA) is 81.9 Å². The zero-order valence-corrected chi connectivity index (χ0v) is 22.2. The number of benzene rings is 2. The van der Waals surface area contributed by atoms with Crippen molar-refractivity contribution in [2.75, 3.05) is 11.1 Å². The summed E-state index contributed by atoms with van der Waals surface area (Å²) >= 11 is 6.18. The van der Waals surface area contributed by atoms with Gasteiger partial charge < -0.3 is 14.6 Å². The Morgan fingerprint density at radius 2 is 1.91 bits per heavy atom. The first-order valence-corrected chi connectivity index (χ1v) is 13.4. The number of thioether (sulfide) groups is 1. The fraction of sp³-hybridized carbons (Fsp3) is 0.250. The van der Waals surface area contributed by atoms with E-state index < -0.39 is 0 Å². The fourth-order valence-corrected chi connectivity index (χ4v) is 5.06. The molecule has 4 aromatic rings. The van der Waals surface area contributed by atoms with Gasteiger partial charge in [-0.15, -0.1) is 21.5 Å². The van der Waals surface area contributed by atoms with Crippen LogP contribution in [-0.2, 0) is 11.3 Å². The minimum atomic E-state index is -0.273. The molecule has 0 spiro atoms. The maximum atomic E-state index is 12.5. The van der Waals surface area contributed by atoms with Crippen LogP contribution in [0.1, 0.15) is 31.3 Å². The van der Waals surface area contributed by atoms with Crippen molar-refractivity contribution in [2.45, 2.75) is 38.6 Å². The van der Waals surface area contributed by atoms with Crippen LogP contribution < -0.4 is 10.1 Å². The van der Waals surface area contributed by atoms with Crippen molar-refractivity contribution in [2.24, 2.45) is 0 Å². The Balaban J connectivity index is 1.35. The lowest BCUT2D eigenvalue weighted by molar-refractivity contribution is -0.113. The van der Waals surface area contributed by atoms with Gasteiger partial charge in [-0.3, -0.25) is 4.79 Å². The molecule has 1 N–H and O–H groups in total. The van der Waals surface area contributed by atoms with E-state index in [9.17, 15) is 4.79 Å². The van der Waals surface area contributed by atoms with E-state index in [2.05, 4.69) is 36.4 Å². The monoisotopic (exact) mass is 557 g/mol. The van der Waals surface area contributed by atoms with Gasteiger partial charge >= 0.3 is 0 Å². The Kier molecular flexibility index (Phi) is 8.02. The highest BCUT2D eigenvalue weighted by Gasteiger charge is 2.20. The summed E-state index contributed by atoms with van der Waals surface area (Å²) in [6.07, 6.45) is -0.273. The van der Waals surface area contributed by atoms with Crippen molar-refractivity contribution >= 4 is 50.1 Å². The first-order chi connectivity index (χ1) is 16.4. The molecule has 10 heteroatoms. The molecule has 7 nitrogen and oxygen atoms in total. The first-order valence-electron chi connectivity index (χ1n) is 10.7. The predicted molar refractivity (Wildman–Crippen MR) is 141 cm³/mol. The van der Waals surface area contributed by atoms with Crippen LogP contribution in [0.15, 0.2) is 63.5 Å². The molecule has 1 atom stereocenters. The third-order valence-corrected chi connectivity index (χ3v) is 7.24. The summed E-state index contributed by atoms with van der Waals surface area (Å²) in [5.74, 6) is 1.57. The van der Waals surface area contributed by atoms with Crippen LogP contribution in [0.2, 0.25) is 0 Å². The van der Waals surface area contributed by atoms with Crippen molar-refractivity contribution < 1.29 is 9.53 Å². The van der Waals surface area contributed by atoms with Crippen LogP contribution in [0.3, 0.4) is 0 Å². The van der Waals surface area contributed by atoms with E-state index >= 15 is 0 Å². The number of amides is 1. The normalized spacial score (nSPS) is 11.9. The largest absolute Gasteiger partial charge is 0.483 e. The predicted octanol–water partition coefficient (Wildman–Crippen LogP) is 6.36. The lowest BCUT2D eigenvalue weighted by Crippen LogP contribution is -2.15. The van der Waals surface area contributed by atoms with E-state index in [0.29, 0.717) is 16.8 Å². The molecule has 0 aliphatic rings. The zero-order valence-electron chi connectivity index (χ0n) is 19.0. The summed E-state index contributed by atoms with van der Waals surface area (Å²) in [5.41, 5.74) is 3.01. The highest BCUT2D eigenvalue weighted by Crippen LogP contribution is 2.27. The molecule has 0 saturated carbocycles. The van der Waals surface area contributed by atoms with Crippen LogP contribution in [-0.4, -0.2) is 31.4 Å². The number of carbonyl (C=O) groups excluding carboxylic acids is 1. The van der Waals surface area contributed by atoms with E-state index in [1.807, 2.05) is 79.2 Å². The Morgan fingerprint density at radius 3 is 2.62 bits per heavy atom. The Morgan fingerprint density at radius 1 is 1.18 bits per heavy atom. The smallest absolute Gasteiger partial charge is 0.236 e. The molecule has 0 aliphatic heterocycles. The standard InChI is InChI=1S/C24H24BrN5O2S2/c1-4-30-22(16(3)32-19-11-5-15(2)6-12-19)28-29-24(30)34-14-21(31)27-23-26-20(13-33-23)17-7-9-18(25)10-8-17/h5-13,16H,4,14H2,1-3H3,(H,26,27,31). The summed E-state index contributed by atoms with van der Waals surface area (Å²) in [5, 5.41) is 14.7. The van der Waals surface area contributed by atoms with Gasteiger partial charge in [0.2, 0.25) is 5.91 Å². The van der Waals surface area contributed by atoms with Crippen LogP contribution in [0.25, 0.3) is 11.3 Å². The van der Waals surface area contributed by atoms with Gasteiger partial charge in [0.05, 0.1) is 11.4 Å². The summed E-state index contributed by atoms with van der Waals surface area (Å²) in [6.45, 7) is 6.69. The summed E-state index contributed by atoms with van der Waals surface area (Å²) in [7, 11) is 0. The van der Waals surface area contributed by atoms with Crippen LogP contribution in [0.5, 0.6) is 5.75 Å². The zero-order chi connectivity index (χ0) is 24.1. The maximum absolute atomic E-state index is 12.5. The van der Waals surface area contributed by atoms with E-state index in [1.54, 1.807) is 0 Å². The molecule has 0 aliphatic carbocycles. The minimum absolute atomic E-state index is 0.141. The Labute approximate surface area is 215 Å². The maximum Gasteiger partial charge on any atom is 0.236 e. The first kappa shape index (κ1) is 24.4. The number of anilines is 1. The van der Waals surface area contributed by atoms with Crippen molar-refractivity contribution in [1.82, 2.24) is 19.7 Å². The molecular weight excluding hydrogens is 534 g/mol. The van der Waals surface area contributed by atoms with E-state index in [0.717, 1.165) is 27.3 Å². The summed E-state index contributed by atoms with van der Waals surface area (Å²) in [6, 6.07) is 15.8. The van der Waals surface area contributed by atoms with Crippen molar-refractivity contribution in [3.05, 3.63) is 69.8 Å². The van der Waals surface area contributed by atoms with Gasteiger partial charge in [-0.1, -0.05) is 57.5 Å². The molecule has 0 radical (unpaired) electrons. The van der Waals surface area contributed by atoms with Gasteiger partial charge in [0.1, 0.15) is 5.75 Å². The van der Waals surface area contributed by atoms with E-state index in [4.69, 9.17) is 4.74 Å². The number of hydrogen-bond donors (Lipinski definition) is 1. The van der Waals surface area contributed by atoms with Crippen molar-refractivity contribution in [1.29, 1.82) is 0 Å². The Hall–Kier alpha value is -2.69. The number of aryl methyl sites for hydroxylation is 1. The average molecular weight is 559 g/mol. The lowest BCUT2D eigenvalue weighted by atomic mass is 10.2. The van der Waals surface area contributed by atoms with E-state index in [-0.39, 0.29) is 17.8 Å². The molecule has 2 heterocycles. The number of nitrogens with zero attached hydrogens (tertiary/aromatic N) is 4. The SMILES string of the molecule is CCn1c(SCC(=O)Nc2nc(-c3ccc(Br)cc3)cs2)nnc1C(C)Oc1ccc(C)cc1. The second-order valence-corrected chi connectivity index (χ2v) is 10.3. The quantitative estimate of drug-likeness (QED) is 0.241. The van der Waals surface area contributed by atoms with Crippen LogP contribution in [0, 0.1) is 6.92 Å². The number of ether oxygens (including phenoxy) is 1. The molecule has 0 fully saturated rings. The highest BCUT2D eigenvalue weighted by atomic mass is 79.9. The van der Waals surface area contributed by atoms with Gasteiger partial charge in [0.15, 0.2) is 22.2 Å². The average Bonchev–Trinajstić information content (AvgIpc) is 3.46. The molecule has 1 unspecified atom stereocenters. The number of hydrogen-bond acceptors (Lipinski definition) is 7. The van der Waals surface area contributed by atoms with Gasteiger partial charge in [0, 0.05) is 22.0 Å². The minimum Gasteiger partial charge on any atom is -0.483 e. The summed E-state index contributed by atoms with van der Waals surface area (Å²) in [4.78, 5) is 17.1. The number of nitrogens with one attached hydrogen (secondary N) is 1. The second kappa shape index (κ2) is 11.2. The number of halogens is 1. The van der Waals surface area contributed by atoms with Crippen molar-refractivity contribution in [3.8, 4) is 17.0 Å². The van der Waals surface area contributed by atoms with Gasteiger partial charge in [-0.25, -0.2) is 4.98 Å². The molecule has 1 amide bonds. The van der Waals surface area contributed by atoms with Gasteiger partial charge in [0.25, 0.3) is 0 Å². The third-order valence-electron chi connectivity index (χ3n) is 4.98. The molecule has 34 heavy (non-hydrogen) atoms. The van der Waals surface area contributed by atoms with Crippen molar-refractivity contribution in [3.63, 3.8) is 0 Å². The molecule has 176 valence electrons. The number of aromatic nitrogens is 4. The summed E-state index contributed by atoms with van der Waals surface area (Å²) < 4.78 is 9.03. The Bertz CT molecular complexity index is 1260. The van der Waals surface area contributed by atoms with E-state index in [1.165, 1.54) is 28.7 Å². The molecule has 0 saturated heterocycles. The van der Waals surface area contributed by atoms with Gasteiger partial charge in [-0.2, -0.15) is 0 Å². The van der Waals surface area contributed by atoms with Gasteiger partial charge in [-0.05, 0) is 45.0 Å². The molecule has 4 rings (SSSR count).